The second-order valence-corrected chi connectivity index (χ2v) is 5.49. The van der Waals surface area contributed by atoms with Crippen molar-refractivity contribution in [2.45, 2.75) is 6.10 Å². The lowest BCUT2D eigenvalue weighted by Gasteiger charge is -2.71. The van der Waals surface area contributed by atoms with E-state index < -0.39 is 0 Å². The molecule has 0 aromatic carbocycles. The third-order valence-electron chi connectivity index (χ3n) is 5.79. The highest BCUT2D eigenvalue weighted by atomic mass is 16.3. The number of rotatable bonds is 0. The van der Waals surface area contributed by atoms with Crippen molar-refractivity contribution in [3.05, 3.63) is 12.2 Å². The molecule has 6 aliphatic carbocycles. The lowest BCUT2D eigenvalue weighted by Crippen LogP contribution is -2.68. The summed E-state index contributed by atoms with van der Waals surface area (Å²) >= 11 is 0. The van der Waals surface area contributed by atoms with Gasteiger partial charge in [0.1, 0.15) is 0 Å². The Morgan fingerprint density at radius 2 is 1.25 bits per heavy atom. The summed E-state index contributed by atoms with van der Waals surface area (Å²) in [7, 11) is 0. The van der Waals surface area contributed by atoms with Crippen LogP contribution in [-0.2, 0) is 0 Å². The zero-order valence-electron chi connectivity index (χ0n) is 6.80. The summed E-state index contributed by atoms with van der Waals surface area (Å²) in [5.41, 5.74) is 0. The van der Waals surface area contributed by atoms with Crippen LogP contribution in [0.25, 0.3) is 0 Å². The lowest BCUT2D eigenvalue weighted by atomic mass is 9.32. The molecule has 62 valence electrons. The maximum atomic E-state index is 10.0. The van der Waals surface area contributed by atoms with E-state index in [0.717, 1.165) is 41.4 Å². The molecule has 9 atom stereocenters. The molecule has 0 aromatic heterocycles. The van der Waals surface area contributed by atoms with E-state index in [9.17, 15) is 5.11 Å². The zero-order chi connectivity index (χ0) is 7.61. The summed E-state index contributed by atoms with van der Waals surface area (Å²) in [5, 5.41) is 10.0. The van der Waals surface area contributed by atoms with Gasteiger partial charge in [-0.3, -0.25) is 0 Å². The van der Waals surface area contributed by atoms with Crippen molar-refractivity contribution >= 4 is 0 Å². The number of hydrogen-bond acceptors (Lipinski definition) is 1. The maximum absolute atomic E-state index is 10.0. The van der Waals surface area contributed by atoms with E-state index in [1.165, 1.54) is 0 Å². The molecule has 12 heavy (non-hydrogen) atoms. The molecule has 0 aliphatic heterocycles. The molecule has 1 N–H and O–H groups in total. The van der Waals surface area contributed by atoms with Gasteiger partial charge in [-0.2, -0.15) is 0 Å². The first kappa shape index (κ1) is 5.43. The second kappa shape index (κ2) is 1.22. The quantitative estimate of drug-likeness (QED) is 0.522. The van der Waals surface area contributed by atoms with Crippen LogP contribution in [0, 0.1) is 47.3 Å². The highest BCUT2D eigenvalue weighted by Crippen LogP contribution is 2.83. The molecular weight excluding hydrogens is 148 g/mol. The monoisotopic (exact) mass is 160 g/mol. The smallest absolute Gasteiger partial charge is 0.0611 e. The normalized spacial score (nSPS) is 83.9. The van der Waals surface area contributed by atoms with Crippen LogP contribution in [0.2, 0.25) is 0 Å². The van der Waals surface area contributed by atoms with E-state index in [4.69, 9.17) is 0 Å². The summed E-state index contributed by atoms with van der Waals surface area (Å²) in [6, 6.07) is 0. The van der Waals surface area contributed by atoms with Crippen molar-refractivity contribution in [2.24, 2.45) is 47.3 Å². The second-order valence-electron chi connectivity index (χ2n) is 5.49. The van der Waals surface area contributed by atoms with Gasteiger partial charge in [0.05, 0.1) is 6.10 Å². The van der Waals surface area contributed by atoms with Crippen LogP contribution < -0.4 is 0 Å². The van der Waals surface area contributed by atoms with Crippen molar-refractivity contribution in [2.75, 3.05) is 0 Å². The summed E-state index contributed by atoms with van der Waals surface area (Å²) < 4.78 is 0. The Morgan fingerprint density at radius 3 is 1.83 bits per heavy atom. The Labute approximate surface area is 71.5 Å². The molecule has 1 nitrogen and oxygen atoms in total. The topological polar surface area (TPSA) is 20.2 Å². The fraction of sp³-hybridized carbons (Fsp3) is 0.818. The molecule has 0 radical (unpaired) electrons. The Kier molecular flexibility index (Phi) is 0.554. The van der Waals surface area contributed by atoms with Crippen LogP contribution in [0.3, 0.4) is 0 Å². The van der Waals surface area contributed by atoms with Gasteiger partial charge in [-0.05, 0) is 47.3 Å². The van der Waals surface area contributed by atoms with Crippen molar-refractivity contribution < 1.29 is 5.11 Å². The van der Waals surface area contributed by atoms with E-state index in [0.29, 0.717) is 5.92 Å². The largest absolute Gasteiger partial charge is 0.392 e. The van der Waals surface area contributed by atoms with E-state index >= 15 is 0 Å². The van der Waals surface area contributed by atoms with Gasteiger partial charge < -0.3 is 5.11 Å². The van der Waals surface area contributed by atoms with Crippen LogP contribution in [0.5, 0.6) is 0 Å². The van der Waals surface area contributed by atoms with Gasteiger partial charge in [-0.25, -0.2) is 0 Å². The first-order valence-corrected chi connectivity index (χ1v) is 5.26. The number of hydrogen-bond donors (Lipinski definition) is 1. The van der Waals surface area contributed by atoms with Gasteiger partial charge in [0.25, 0.3) is 0 Å². The summed E-state index contributed by atoms with van der Waals surface area (Å²) in [4.78, 5) is 0. The first-order chi connectivity index (χ1) is 5.89. The number of allylic oxidation sites excluding steroid dienone is 2. The maximum Gasteiger partial charge on any atom is 0.0611 e. The molecule has 0 spiro atoms. The van der Waals surface area contributed by atoms with Crippen molar-refractivity contribution in [3.8, 4) is 0 Å². The number of aliphatic hydroxyl groups is 1. The fourth-order valence-electron chi connectivity index (χ4n) is 5.75. The van der Waals surface area contributed by atoms with E-state index in [2.05, 4.69) is 12.2 Å². The molecule has 0 amide bonds. The predicted octanol–water partition coefficient (Wildman–Crippen LogP) is 0.901. The Morgan fingerprint density at radius 1 is 0.667 bits per heavy atom. The molecular formula is C11H12O. The minimum absolute atomic E-state index is 0.0983. The standard InChI is InChI=1S/C11H12O/c12-11-8-4-2-1-3-5-6(4)10(11)9(5)7(3)8/h1-12H. The van der Waals surface area contributed by atoms with Gasteiger partial charge >= 0.3 is 0 Å². The molecule has 4 bridgehead atoms. The van der Waals surface area contributed by atoms with Crippen molar-refractivity contribution in [1.82, 2.24) is 0 Å². The predicted molar refractivity (Wildman–Crippen MR) is 43.1 cm³/mol. The van der Waals surface area contributed by atoms with Gasteiger partial charge in [0.15, 0.2) is 0 Å². The van der Waals surface area contributed by atoms with Crippen LogP contribution in [0.1, 0.15) is 0 Å². The van der Waals surface area contributed by atoms with Crippen LogP contribution in [0.15, 0.2) is 12.2 Å². The number of aliphatic hydroxyl groups excluding tert-OH is 1. The highest BCUT2D eigenvalue weighted by Gasteiger charge is 2.82. The molecule has 9 unspecified atom stereocenters. The van der Waals surface area contributed by atoms with Crippen LogP contribution in [-0.4, -0.2) is 11.2 Å². The van der Waals surface area contributed by atoms with E-state index in [1.807, 2.05) is 0 Å². The van der Waals surface area contributed by atoms with Gasteiger partial charge in [-0.1, -0.05) is 12.2 Å². The first-order valence-electron chi connectivity index (χ1n) is 5.26. The van der Waals surface area contributed by atoms with E-state index in [-0.39, 0.29) is 6.10 Å². The van der Waals surface area contributed by atoms with Gasteiger partial charge in [0.2, 0.25) is 0 Å². The molecule has 6 rings (SSSR count). The summed E-state index contributed by atoms with van der Waals surface area (Å²) in [6.07, 6.45) is 4.98. The molecule has 0 saturated heterocycles. The fourth-order valence-corrected chi connectivity index (χ4v) is 5.75. The molecule has 4 fully saturated rings. The lowest BCUT2D eigenvalue weighted by molar-refractivity contribution is -0.222. The minimum Gasteiger partial charge on any atom is -0.392 e. The average molecular weight is 160 g/mol. The van der Waals surface area contributed by atoms with Crippen molar-refractivity contribution in [3.63, 3.8) is 0 Å². The SMILES string of the molecule is OC1C2C3C=CC4C2C2C1C3C42. The van der Waals surface area contributed by atoms with Crippen LogP contribution >= 0.6 is 0 Å². The third-order valence-corrected chi connectivity index (χ3v) is 5.79. The Hall–Kier alpha value is -0.300. The Bertz CT molecular complexity index is 319. The average Bonchev–Trinajstić information content (AvgIpc) is 2.37. The molecule has 4 saturated carbocycles. The molecule has 1 heteroatoms. The van der Waals surface area contributed by atoms with Crippen molar-refractivity contribution in [1.29, 1.82) is 0 Å². The van der Waals surface area contributed by atoms with Crippen LogP contribution in [0.4, 0.5) is 0 Å². The minimum atomic E-state index is 0.0983. The summed E-state index contributed by atoms with van der Waals surface area (Å²) in [6.45, 7) is 0. The van der Waals surface area contributed by atoms with E-state index in [1.54, 1.807) is 0 Å². The molecule has 0 heterocycles. The zero-order valence-corrected chi connectivity index (χ0v) is 6.80. The molecule has 0 aromatic rings. The van der Waals surface area contributed by atoms with Gasteiger partial charge in [0, 0.05) is 0 Å². The Balaban J connectivity index is 1.86. The third kappa shape index (κ3) is 0.264. The summed E-state index contributed by atoms with van der Waals surface area (Å²) in [5.74, 6) is 7.01. The molecule has 6 aliphatic rings. The van der Waals surface area contributed by atoms with Gasteiger partial charge in [-0.15, -0.1) is 0 Å². The highest BCUT2D eigenvalue weighted by molar-refractivity contribution is 5.37.